The van der Waals surface area contributed by atoms with Crippen LogP contribution in [0.15, 0.2) is 24.3 Å². The third-order valence-corrected chi connectivity index (χ3v) is 5.00. The largest absolute Gasteiger partial charge is 0.309 e. The Morgan fingerprint density at radius 2 is 2.06 bits per heavy atom. The lowest BCUT2D eigenvalue weighted by atomic mass is 10.1. The molecule has 0 aromatic heterocycles. The second-order valence-electron chi connectivity index (χ2n) is 5.20. The molecule has 2 nitrogen and oxygen atoms in total. The van der Waals surface area contributed by atoms with Gasteiger partial charge in [-0.25, -0.2) is 0 Å². The smallest absolute Gasteiger partial charge is 0.0326 e. The number of nitrogens with zero attached hydrogens (tertiary/aromatic N) is 1. The van der Waals surface area contributed by atoms with E-state index < -0.39 is 0 Å². The maximum absolute atomic E-state index is 3.74. The molecule has 1 fully saturated rings. The van der Waals surface area contributed by atoms with Crippen molar-refractivity contribution < 1.29 is 0 Å². The number of aryl methyl sites for hydroxylation is 1. The number of thioether (sulfide) groups is 1. The molecule has 1 aliphatic carbocycles. The molecule has 1 N–H and O–H groups in total. The number of rotatable bonds is 4. The van der Waals surface area contributed by atoms with Crippen molar-refractivity contribution in [3.63, 3.8) is 0 Å². The molecule has 0 radical (unpaired) electrons. The van der Waals surface area contributed by atoms with Crippen LogP contribution in [0.1, 0.15) is 23.6 Å². The van der Waals surface area contributed by atoms with E-state index in [4.69, 9.17) is 0 Å². The number of benzene rings is 1. The van der Waals surface area contributed by atoms with E-state index in [1.807, 2.05) is 0 Å². The van der Waals surface area contributed by atoms with Gasteiger partial charge < -0.3 is 10.2 Å². The molecule has 1 unspecified atom stereocenters. The minimum atomic E-state index is 0.598. The van der Waals surface area contributed by atoms with Crippen molar-refractivity contribution in [2.45, 2.75) is 18.9 Å². The molecule has 3 rings (SSSR count). The second-order valence-corrected chi connectivity index (χ2v) is 6.42. The van der Waals surface area contributed by atoms with Crippen LogP contribution in [0.4, 0.5) is 0 Å². The summed E-state index contributed by atoms with van der Waals surface area (Å²) >= 11 is 2.09. The van der Waals surface area contributed by atoms with Crippen LogP contribution in [-0.2, 0) is 6.42 Å². The summed E-state index contributed by atoms with van der Waals surface area (Å²) in [6.45, 7) is 4.88. The first-order valence-electron chi connectivity index (χ1n) is 7.05. The minimum absolute atomic E-state index is 0.598. The van der Waals surface area contributed by atoms with Crippen LogP contribution in [0.25, 0.3) is 0 Å². The fourth-order valence-electron chi connectivity index (χ4n) is 2.99. The Kier molecular flexibility index (Phi) is 4.24. The first kappa shape index (κ1) is 12.5. The molecule has 0 bridgehead atoms. The fourth-order valence-corrected chi connectivity index (χ4v) is 3.97. The Morgan fingerprint density at radius 3 is 2.94 bits per heavy atom. The van der Waals surface area contributed by atoms with Crippen LogP contribution in [0.3, 0.4) is 0 Å². The highest BCUT2D eigenvalue weighted by atomic mass is 32.2. The molecule has 0 saturated carbocycles. The van der Waals surface area contributed by atoms with Gasteiger partial charge in [0.1, 0.15) is 0 Å². The second kappa shape index (κ2) is 6.09. The van der Waals surface area contributed by atoms with Crippen LogP contribution in [-0.4, -0.2) is 42.6 Å². The number of fused-ring (bicyclic) bond motifs is 1. The summed E-state index contributed by atoms with van der Waals surface area (Å²) in [5, 5.41) is 3.74. The van der Waals surface area contributed by atoms with E-state index in [1.165, 1.54) is 49.5 Å². The molecule has 0 spiro atoms. The first-order valence-corrected chi connectivity index (χ1v) is 8.20. The molecule has 18 heavy (non-hydrogen) atoms. The SMILES string of the molecule is c1ccc2c(c1)CCC2NCCN1CCSCC1. The molecule has 1 aromatic rings. The van der Waals surface area contributed by atoms with Gasteiger partial charge in [0.2, 0.25) is 0 Å². The molecular formula is C15H22N2S. The Balaban J connectivity index is 1.47. The van der Waals surface area contributed by atoms with Crippen LogP contribution < -0.4 is 5.32 Å². The third kappa shape index (κ3) is 2.90. The summed E-state index contributed by atoms with van der Waals surface area (Å²) in [6.07, 6.45) is 2.52. The van der Waals surface area contributed by atoms with Crippen molar-refractivity contribution in [2.75, 3.05) is 37.7 Å². The Bertz CT molecular complexity index is 388. The van der Waals surface area contributed by atoms with E-state index in [2.05, 4.69) is 46.2 Å². The van der Waals surface area contributed by atoms with Crippen molar-refractivity contribution in [3.05, 3.63) is 35.4 Å². The molecule has 0 amide bonds. The van der Waals surface area contributed by atoms with Crippen LogP contribution in [0, 0.1) is 0 Å². The molecular weight excluding hydrogens is 240 g/mol. The summed E-state index contributed by atoms with van der Waals surface area (Å²) in [7, 11) is 0. The van der Waals surface area contributed by atoms with Gasteiger partial charge in [-0.2, -0.15) is 11.8 Å². The lowest BCUT2D eigenvalue weighted by Crippen LogP contribution is -2.38. The maximum atomic E-state index is 3.74. The molecule has 3 heteroatoms. The normalized spacial score (nSPS) is 24.1. The zero-order valence-corrected chi connectivity index (χ0v) is 11.7. The zero-order chi connectivity index (χ0) is 12.2. The van der Waals surface area contributed by atoms with Crippen molar-refractivity contribution in [2.24, 2.45) is 0 Å². The van der Waals surface area contributed by atoms with Gasteiger partial charge in [0.15, 0.2) is 0 Å². The minimum Gasteiger partial charge on any atom is -0.309 e. The van der Waals surface area contributed by atoms with Crippen molar-refractivity contribution in [1.82, 2.24) is 10.2 Å². The van der Waals surface area contributed by atoms with Crippen molar-refractivity contribution in [3.8, 4) is 0 Å². The standard InChI is InChI=1S/C15H22N2S/c1-2-4-14-13(3-1)5-6-15(14)16-7-8-17-9-11-18-12-10-17/h1-4,15-16H,5-12H2. The summed E-state index contributed by atoms with van der Waals surface area (Å²) in [5.41, 5.74) is 3.08. The highest BCUT2D eigenvalue weighted by molar-refractivity contribution is 7.99. The van der Waals surface area contributed by atoms with Gasteiger partial charge in [0, 0.05) is 43.7 Å². The molecule has 1 aliphatic heterocycles. The summed E-state index contributed by atoms with van der Waals surface area (Å²) < 4.78 is 0. The van der Waals surface area contributed by atoms with Crippen molar-refractivity contribution in [1.29, 1.82) is 0 Å². The molecule has 1 atom stereocenters. The summed E-state index contributed by atoms with van der Waals surface area (Å²) in [6, 6.07) is 9.49. The zero-order valence-electron chi connectivity index (χ0n) is 10.9. The highest BCUT2D eigenvalue weighted by Crippen LogP contribution is 2.30. The number of nitrogens with one attached hydrogen (secondary N) is 1. The molecule has 1 heterocycles. The molecule has 2 aliphatic rings. The van der Waals surface area contributed by atoms with Gasteiger partial charge >= 0.3 is 0 Å². The lowest BCUT2D eigenvalue weighted by Gasteiger charge is -2.26. The predicted octanol–water partition coefficient (Wildman–Crippen LogP) is 2.31. The summed E-state index contributed by atoms with van der Waals surface area (Å²) in [4.78, 5) is 2.59. The van der Waals surface area contributed by atoms with E-state index in [1.54, 1.807) is 5.56 Å². The fraction of sp³-hybridized carbons (Fsp3) is 0.600. The monoisotopic (exact) mass is 262 g/mol. The van der Waals surface area contributed by atoms with E-state index >= 15 is 0 Å². The molecule has 1 saturated heterocycles. The van der Waals surface area contributed by atoms with E-state index in [0.717, 1.165) is 6.54 Å². The van der Waals surface area contributed by atoms with E-state index in [0.29, 0.717) is 6.04 Å². The van der Waals surface area contributed by atoms with Gasteiger partial charge in [0.05, 0.1) is 0 Å². The van der Waals surface area contributed by atoms with Gasteiger partial charge in [-0.05, 0) is 24.0 Å². The lowest BCUT2D eigenvalue weighted by molar-refractivity contribution is 0.295. The average Bonchev–Trinajstić information content (AvgIpc) is 2.84. The highest BCUT2D eigenvalue weighted by Gasteiger charge is 2.21. The Hall–Kier alpha value is -0.510. The Labute approximate surface area is 114 Å². The first-order chi connectivity index (χ1) is 8.93. The van der Waals surface area contributed by atoms with E-state index in [-0.39, 0.29) is 0 Å². The maximum Gasteiger partial charge on any atom is 0.0326 e. The molecule has 98 valence electrons. The molecule has 1 aromatic carbocycles. The van der Waals surface area contributed by atoms with E-state index in [9.17, 15) is 0 Å². The van der Waals surface area contributed by atoms with Gasteiger partial charge in [-0.1, -0.05) is 24.3 Å². The predicted molar refractivity (Wildman–Crippen MR) is 79.3 cm³/mol. The quantitative estimate of drug-likeness (QED) is 0.896. The third-order valence-electron chi connectivity index (χ3n) is 4.06. The van der Waals surface area contributed by atoms with Crippen LogP contribution in [0.2, 0.25) is 0 Å². The van der Waals surface area contributed by atoms with Gasteiger partial charge in [-0.3, -0.25) is 0 Å². The number of hydrogen-bond donors (Lipinski definition) is 1. The summed E-state index contributed by atoms with van der Waals surface area (Å²) in [5.74, 6) is 2.62. The van der Waals surface area contributed by atoms with Crippen LogP contribution in [0.5, 0.6) is 0 Å². The topological polar surface area (TPSA) is 15.3 Å². The van der Waals surface area contributed by atoms with Gasteiger partial charge in [-0.15, -0.1) is 0 Å². The number of hydrogen-bond acceptors (Lipinski definition) is 3. The average molecular weight is 262 g/mol. The van der Waals surface area contributed by atoms with Crippen molar-refractivity contribution >= 4 is 11.8 Å². The van der Waals surface area contributed by atoms with Crippen LogP contribution >= 0.6 is 11.8 Å². The van der Waals surface area contributed by atoms with Gasteiger partial charge in [0.25, 0.3) is 0 Å². The Morgan fingerprint density at radius 1 is 1.22 bits per heavy atom.